The SMILES string of the molecule is Brc1ccc(-n2nc(C(c3ccccc3)c3ccccc3)c3c2NCCCC3)cc1. The van der Waals surface area contributed by atoms with E-state index in [9.17, 15) is 0 Å². The van der Waals surface area contributed by atoms with Gasteiger partial charge in [0.15, 0.2) is 0 Å². The summed E-state index contributed by atoms with van der Waals surface area (Å²) in [6, 6.07) is 29.9. The number of hydrogen-bond acceptors (Lipinski definition) is 2. The molecule has 2 heterocycles. The van der Waals surface area contributed by atoms with Crippen LogP contribution in [0.3, 0.4) is 0 Å². The van der Waals surface area contributed by atoms with Crippen molar-refractivity contribution in [1.82, 2.24) is 9.78 Å². The molecule has 0 bridgehead atoms. The third kappa shape index (κ3) is 3.68. The number of hydrogen-bond donors (Lipinski definition) is 1. The molecule has 1 aliphatic heterocycles. The van der Waals surface area contributed by atoms with E-state index in [1.165, 1.54) is 29.5 Å². The molecule has 0 fully saturated rings. The lowest BCUT2D eigenvalue weighted by molar-refractivity contribution is 0.754. The van der Waals surface area contributed by atoms with Crippen LogP contribution in [-0.2, 0) is 6.42 Å². The minimum absolute atomic E-state index is 0.109. The predicted molar refractivity (Wildman–Crippen MR) is 127 cm³/mol. The van der Waals surface area contributed by atoms with Crippen molar-refractivity contribution >= 4 is 21.7 Å². The van der Waals surface area contributed by atoms with Crippen LogP contribution in [-0.4, -0.2) is 16.3 Å². The Morgan fingerprint density at radius 1 is 0.800 bits per heavy atom. The lowest BCUT2D eigenvalue weighted by Gasteiger charge is -2.18. The molecule has 0 aliphatic carbocycles. The van der Waals surface area contributed by atoms with Crippen LogP contribution in [0, 0.1) is 0 Å². The smallest absolute Gasteiger partial charge is 0.133 e. The highest BCUT2D eigenvalue weighted by molar-refractivity contribution is 9.10. The lowest BCUT2D eigenvalue weighted by Crippen LogP contribution is -2.08. The van der Waals surface area contributed by atoms with E-state index in [1.807, 2.05) is 0 Å². The Balaban J connectivity index is 1.72. The van der Waals surface area contributed by atoms with E-state index in [1.54, 1.807) is 0 Å². The molecular weight excluding hydrogens is 434 g/mol. The van der Waals surface area contributed by atoms with Crippen LogP contribution in [0.25, 0.3) is 5.69 Å². The minimum atomic E-state index is 0.109. The average molecular weight is 458 g/mol. The molecule has 0 unspecified atom stereocenters. The summed E-state index contributed by atoms with van der Waals surface area (Å²) in [5, 5.41) is 8.90. The first-order valence-corrected chi connectivity index (χ1v) is 11.3. The quantitative estimate of drug-likeness (QED) is 0.375. The highest BCUT2D eigenvalue weighted by Crippen LogP contribution is 2.38. The summed E-state index contributed by atoms with van der Waals surface area (Å²) in [6.45, 7) is 0.982. The monoisotopic (exact) mass is 457 g/mol. The Kier molecular flexibility index (Phi) is 5.41. The molecule has 1 aromatic heterocycles. The van der Waals surface area contributed by atoms with Gasteiger partial charge in [0.05, 0.1) is 17.3 Å². The molecule has 0 atom stereocenters. The van der Waals surface area contributed by atoms with E-state index in [2.05, 4.69) is 111 Å². The molecule has 3 nitrogen and oxygen atoms in total. The van der Waals surface area contributed by atoms with Crippen molar-refractivity contribution in [1.29, 1.82) is 0 Å². The van der Waals surface area contributed by atoms with Gasteiger partial charge in [0, 0.05) is 16.6 Å². The maximum atomic E-state index is 5.23. The van der Waals surface area contributed by atoms with Gasteiger partial charge in [0.1, 0.15) is 5.82 Å². The van der Waals surface area contributed by atoms with E-state index < -0.39 is 0 Å². The Hall–Kier alpha value is -2.85. The van der Waals surface area contributed by atoms with Gasteiger partial charge >= 0.3 is 0 Å². The van der Waals surface area contributed by atoms with E-state index in [4.69, 9.17) is 5.10 Å². The highest BCUT2D eigenvalue weighted by Gasteiger charge is 2.28. The van der Waals surface area contributed by atoms with Crippen molar-refractivity contribution in [2.24, 2.45) is 0 Å². The number of benzene rings is 3. The van der Waals surface area contributed by atoms with Crippen molar-refractivity contribution in [3.05, 3.63) is 112 Å². The molecule has 150 valence electrons. The fourth-order valence-electron chi connectivity index (χ4n) is 4.33. The summed E-state index contributed by atoms with van der Waals surface area (Å²) < 4.78 is 3.17. The third-order valence-electron chi connectivity index (χ3n) is 5.77. The molecule has 4 heteroatoms. The molecule has 1 aliphatic rings. The largest absolute Gasteiger partial charge is 0.370 e. The molecular formula is C26H24BrN3. The summed E-state index contributed by atoms with van der Waals surface area (Å²) in [6.07, 6.45) is 3.40. The van der Waals surface area contributed by atoms with Crippen LogP contribution in [0.5, 0.6) is 0 Å². The van der Waals surface area contributed by atoms with E-state index >= 15 is 0 Å². The number of aromatic nitrogens is 2. The first-order valence-electron chi connectivity index (χ1n) is 10.5. The van der Waals surface area contributed by atoms with Gasteiger partial charge < -0.3 is 5.32 Å². The first-order chi connectivity index (χ1) is 14.8. The van der Waals surface area contributed by atoms with E-state index in [0.717, 1.165) is 34.6 Å². The number of nitrogens with zero attached hydrogens (tertiary/aromatic N) is 2. The Bertz CT molecular complexity index is 1080. The maximum absolute atomic E-state index is 5.23. The minimum Gasteiger partial charge on any atom is -0.370 e. The summed E-state index contributed by atoms with van der Waals surface area (Å²) in [5.41, 5.74) is 6.12. The lowest BCUT2D eigenvalue weighted by atomic mass is 9.86. The number of halogens is 1. The summed E-state index contributed by atoms with van der Waals surface area (Å²) in [7, 11) is 0. The van der Waals surface area contributed by atoms with Gasteiger partial charge in [-0.15, -0.1) is 0 Å². The Morgan fingerprint density at radius 2 is 1.43 bits per heavy atom. The number of anilines is 1. The van der Waals surface area contributed by atoms with Crippen LogP contribution in [0.4, 0.5) is 5.82 Å². The normalized spacial score (nSPS) is 13.5. The molecule has 0 spiro atoms. The fraction of sp³-hybridized carbons (Fsp3) is 0.192. The topological polar surface area (TPSA) is 29.9 Å². The van der Waals surface area contributed by atoms with Crippen LogP contribution >= 0.6 is 15.9 Å². The zero-order valence-electron chi connectivity index (χ0n) is 16.8. The van der Waals surface area contributed by atoms with Crippen molar-refractivity contribution < 1.29 is 0 Å². The molecule has 0 saturated heterocycles. The third-order valence-corrected chi connectivity index (χ3v) is 6.30. The van der Waals surface area contributed by atoms with Crippen molar-refractivity contribution in [2.75, 3.05) is 11.9 Å². The number of rotatable bonds is 4. The van der Waals surface area contributed by atoms with Gasteiger partial charge in [-0.3, -0.25) is 0 Å². The standard InChI is InChI=1S/C26H24BrN3/c27-21-14-16-22(17-15-21)30-26-23(13-7-8-18-28-26)25(29-30)24(19-9-3-1-4-10-19)20-11-5-2-6-12-20/h1-6,9-12,14-17,24,28H,7-8,13,18H2. The van der Waals surface area contributed by atoms with Crippen molar-refractivity contribution in [2.45, 2.75) is 25.2 Å². The number of nitrogens with one attached hydrogen (secondary N) is 1. The molecule has 0 amide bonds. The summed E-state index contributed by atoms with van der Waals surface area (Å²) in [4.78, 5) is 0. The van der Waals surface area contributed by atoms with E-state index in [-0.39, 0.29) is 5.92 Å². The van der Waals surface area contributed by atoms with Gasteiger partial charge in [0.25, 0.3) is 0 Å². The zero-order chi connectivity index (χ0) is 20.3. The van der Waals surface area contributed by atoms with Crippen molar-refractivity contribution in [3.63, 3.8) is 0 Å². The van der Waals surface area contributed by atoms with Gasteiger partial charge in [-0.2, -0.15) is 5.10 Å². The molecule has 0 radical (unpaired) electrons. The van der Waals surface area contributed by atoms with Crippen LogP contribution in [0.1, 0.15) is 41.1 Å². The van der Waals surface area contributed by atoms with Gasteiger partial charge in [-0.05, 0) is 54.7 Å². The Labute approximate surface area is 185 Å². The maximum Gasteiger partial charge on any atom is 0.133 e. The molecule has 3 aromatic carbocycles. The molecule has 30 heavy (non-hydrogen) atoms. The summed E-state index contributed by atoms with van der Waals surface area (Å²) in [5.74, 6) is 1.25. The molecule has 0 saturated carbocycles. The molecule has 1 N–H and O–H groups in total. The highest BCUT2D eigenvalue weighted by atomic mass is 79.9. The van der Waals surface area contributed by atoms with Crippen LogP contribution in [0.15, 0.2) is 89.4 Å². The summed E-state index contributed by atoms with van der Waals surface area (Å²) >= 11 is 3.55. The average Bonchev–Trinajstić information content (AvgIpc) is 2.97. The second kappa shape index (κ2) is 8.49. The predicted octanol–water partition coefficient (Wildman–Crippen LogP) is 6.56. The molecule has 4 aromatic rings. The van der Waals surface area contributed by atoms with E-state index in [0.29, 0.717) is 0 Å². The Morgan fingerprint density at radius 3 is 2.07 bits per heavy atom. The van der Waals surface area contributed by atoms with Crippen LogP contribution < -0.4 is 5.32 Å². The van der Waals surface area contributed by atoms with Gasteiger partial charge in [-0.25, -0.2) is 4.68 Å². The number of fused-ring (bicyclic) bond motifs is 1. The second-order valence-electron chi connectivity index (χ2n) is 7.74. The molecule has 5 rings (SSSR count). The first kappa shape index (κ1) is 19.1. The zero-order valence-corrected chi connectivity index (χ0v) is 18.3. The van der Waals surface area contributed by atoms with Crippen LogP contribution in [0.2, 0.25) is 0 Å². The van der Waals surface area contributed by atoms with Gasteiger partial charge in [-0.1, -0.05) is 76.6 Å². The van der Waals surface area contributed by atoms with Gasteiger partial charge in [0.2, 0.25) is 0 Å². The second-order valence-corrected chi connectivity index (χ2v) is 8.65. The fourth-order valence-corrected chi connectivity index (χ4v) is 4.59. The van der Waals surface area contributed by atoms with Crippen molar-refractivity contribution in [3.8, 4) is 5.69 Å².